The molecule has 1 aliphatic heterocycles. The first kappa shape index (κ1) is 21.3. The van der Waals surface area contributed by atoms with Crippen LogP contribution in [0.1, 0.15) is 38.3 Å². The van der Waals surface area contributed by atoms with E-state index in [2.05, 4.69) is 24.1 Å². The number of benzene rings is 1. The van der Waals surface area contributed by atoms with Gasteiger partial charge in [-0.3, -0.25) is 4.90 Å². The van der Waals surface area contributed by atoms with E-state index in [1.807, 2.05) is 0 Å². The van der Waals surface area contributed by atoms with Gasteiger partial charge in [0.25, 0.3) is 0 Å². The SMILES string of the molecule is CC(C)CC[C@H](c1cc(O)ccc1O)N1CCNCC1.Cl.Cl. The minimum absolute atomic E-state index is 0. The van der Waals surface area contributed by atoms with Gasteiger partial charge < -0.3 is 15.5 Å². The number of nitrogens with one attached hydrogen (secondary N) is 1. The topological polar surface area (TPSA) is 55.7 Å². The Balaban J connectivity index is 0.00000220. The third-order valence-electron chi connectivity index (χ3n) is 3.98. The molecule has 1 fully saturated rings. The Bertz CT molecular complexity index is 438. The lowest BCUT2D eigenvalue weighted by molar-refractivity contribution is 0.157. The Morgan fingerprint density at radius 3 is 2.32 bits per heavy atom. The van der Waals surface area contributed by atoms with Gasteiger partial charge in [-0.2, -0.15) is 0 Å². The predicted molar refractivity (Wildman–Crippen MR) is 95.5 cm³/mol. The molecule has 4 nitrogen and oxygen atoms in total. The van der Waals surface area contributed by atoms with Crippen molar-refractivity contribution in [3.8, 4) is 11.5 Å². The van der Waals surface area contributed by atoms with Gasteiger partial charge in [-0.15, -0.1) is 24.8 Å². The molecule has 0 spiro atoms. The molecule has 0 saturated carbocycles. The highest BCUT2D eigenvalue weighted by Gasteiger charge is 2.24. The van der Waals surface area contributed by atoms with Crippen LogP contribution < -0.4 is 5.32 Å². The normalized spacial score (nSPS) is 16.7. The number of hydrogen-bond acceptors (Lipinski definition) is 4. The van der Waals surface area contributed by atoms with E-state index in [-0.39, 0.29) is 42.4 Å². The first-order valence-corrected chi connectivity index (χ1v) is 7.54. The number of phenolic OH excluding ortho intramolecular Hbond substituents is 2. The Kier molecular flexibility index (Phi) is 9.85. The molecule has 0 aromatic heterocycles. The van der Waals surface area contributed by atoms with Gasteiger partial charge in [0.1, 0.15) is 11.5 Å². The summed E-state index contributed by atoms with van der Waals surface area (Å²) < 4.78 is 0. The summed E-state index contributed by atoms with van der Waals surface area (Å²) in [6, 6.07) is 5.03. The molecule has 0 bridgehead atoms. The van der Waals surface area contributed by atoms with Gasteiger partial charge in [-0.25, -0.2) is 0 Å². The standard InChI is InChI=1S/C16H26N2O2.2ClH/c1-12(2)3-5-15(18-9-7-17-8-10-18)14-11-13(19)4-6-16(14)20;;/h4,6,11-12,15,17,19-20H,3,5,7-10H2,1-2H3;2*1H/t15-;;/m1../s1. The average Bonchev–Trinajstić information content (AvgIpc) is 2.43. The van der Waals surface area contributed by atoms with Crippen molar-refractivity contribution in [2.24, 2.45) is 5.92 Å². The molecular formula is C16H28Cl2N2O2. The number of halogens is 2. The lowest BCUT2D eigenvalue weighted by Gasteiger charge is -2.36. The van der Waals surface area contributed by atoms with Crippen molar-refractivity contribution in [3.63, 3.8) is 0 Å². The molecule has 0 aliphatic carbocycles. The lowest BCUT2D eigenvalue weighted by Crippen LogP contribution is -2.45. The van der Waals surface area contributed by atoms with E-state index in [1.54, 1.807) is 12.1 Å². The van der Waals surface area contributed by atoms with E-state index >= 15 is 0 Å². The Morgan fingerprint density at radius 2 is 1.73 bits per heavy atom. The van der Waals surface area contributed by atoms with Gasteiger partial charge in [0.15, 0.2) is 0 Å². The fourth-order valence-corrected chi connectivity index (χ4v) is 2.83. The number of nitrogens with zero attached hydrogens (tertiary/aromatic N) is 1. The first-order chi connectivity index (χ1) is 9.58. The molecule has 1 aliphatic rings. The molecule has 1 aromatic carbocycles. The number of piperazine rings is 1. The molecular weight excluding hydrogens is 323 g/mol. The zero-order valence-corrected chi connectivity index (χ0v) is 14.9. The number of rotatable bonds is 5. The van der Waals surface area contributed by atoms with Crippen molar-refractivity contribution in [1.29, 1.82) is 0 Å². The lowest BCUT2D eigenvalue weighted by atomic mass is 9.95. The fourth-order valence-electron chi connectivity index (χ4n) is 2.83. The van der Waals surface area contributed by atoms with Crippen molar-refractivity contribution in [1.82, 2.24) is 10.2 Å². The number of aromatic hydroxyl groups is 2. The van der Waals surface area contributed by atoms with Crippen LogP contribution in [0.2, 0.25) is 0 Å². The molecule has 128 valence electrons. The number of phenols is 2. The molecule has 22 heavy (non-hydrogen) atoms. The van der Waals surface area contributed by atoms with Gasteiger partial charge in [-0.05, 0) is 37.0 Å². The molecule has 0 radical (unpaired) electrons. The van der Waals surface area contributed by atoms with E-state index in [9.17, 15) is 10.2 Å². The van der Waals surface area contributed by atoms with Crippen LogP contribution in [0.5, 0.6) is 11.5 Å². The summed E-state index contributed by atoms with van der Waals surface area (Å²) in [4.78, 5) is 2.41. The van der Waals surface area contributed by atoms with Gasteiger partial charge >= 0.3 is 0 Å². The van der Waals surface area contributed by atoms with E-state index in [0.717, 1.165) is 44.6 Å². The second-order valence-electron chi connectivity index (χ2n) is 6.02. The van der Waals surface area contributed by atoms with Crippen LogP contribution >= 0.6 is 24.8 Å². The van der Waals surface area contributed by atoms with Crippen LogP contribution in [0, 0.1) is 5.92 Å². The van der Waals surface area contributed by atoms with Crippen LogP contribution in [0.25, 0.3) is 0 Å². The second-order valence-corrected chi connectivity index (χ2v) is 6.02. The quantitative estimate of drug-likeness (QED) is 0.713. The van der Waals surface area contributed by atoms with Gasteiger partial charge in [0.2, 0.25) is 0 Å². The highest BCUT2D eigenvalue weighted by molar-refractivity contribution is 5.85. The summed E-state index contributed by atoms with van der Waals surface area (Å²) in [5.74, 6) is 1.15. The van der Waals surface area contributed by atoms with Gasteiger partial charge in [0.05, 0.1) is 0 Å². The molecule has 1 heterocycles. The Hall–Kier alpha value is -0.680. The second kappa shape index (κ2) is 10.2. The van der Waals surface area contributed by atoms with Gasteiger partial charge in [0, 0.05) is 37.8 Å². The monoisotopic (exact) mass is 350 g/mol. The smallest absolute Gasteiger partial charge is 0.120 e. The molecule has 1 atom stereocenters. The predicted octanol–water partition coefficient (Wildman–Crippen LogP) is 3.32. The number of hydrogen-bond donors (Lipinski definition) is 3. The van der Waals surface area contributed by atoms with Gasteiger partial charge in [-0.1, -0.05) is 13.8 Å². The molecule has 3 N–H and O–H groups in total. The largest absolute Gasteiger partial charge is 0.508 e. The van der Waals surface area contributed by atoms with Crippen LogP contribution in [-0.2, 0) is 0 Å². The van der Waals surface area contributed by atoms with Crippen LogP contribution in [-0.4, -0.2) is 41.3 Å². The van der Waals surface area contributed by atoms with Crippen molar-refractivity contribution in [2.45, 2.75) is 32.7 Å². The summed E-state index contributed by atoms with van der Waals surface area (Å²) in [5, 5.41) is 23.2. The van der Waals surface area contributed by atoms with Crippen molar-refractivity contribution < 1.29 is 10.2 Å². The first-order valence-electron chi connectivity index (χ1n) is 7.54. The minimum Gasteiger partial charge on any atom is -0.508 e. The fraction of sp³-hybridized carbons (Fsp3) is 0.625. The summed E-state index contributed by atoms with van der Waals surface area (Å²) >= 11 is 0. The third-order valence-corrected chi connectivity index (χ3v) is 3.98. The van der Waals surface area contributed by atoms with E-state index in [4.69, 9.17) is 0 Å². The maximum atomic E-state index is 10.1. The molecule has 0 amide bonds. The van der Waals surface area contributed by atoms with Crippen LogP contribution in [0.15, 0.2) is 18.2 Å². The van der Waals surface area contributed by atoms with Crippen molar-refractivity contribution in [2.75, 3.05) is 26.2 Å². The Labute approximate surface area is 145 Å². The third kappa shape index (κ3) is 5.84. The van der Waals surface area contributed by atoms with E-state index in [0.29, 0.717) is 5.92 Å². The van der Waals surface area contributed by atoms with E-state index < -0.39 is 0 Å². The van der Waals surface area contributed by atoms with Crippen molar-refractivity contribution >= 4 is 24.8 Å². The highest BCUT2D eigenvalue weighted by atomic mass is 35.5. The maximum Gasteiger partial charge on any atom is 0.120 e. The summed E-state index contributed by atoms with van der Waals surface area (Å²) in [6.45, 7) is 8.37. The zero-order valence-electron chi connectivity index (χ0n) is 13.3. The van der Waals surface area contributed by atoms with E-state index in [1.165, 1.54) is 6.07 Å². The molecule has 6 heteroatoms. The molecule has 0 unspecified atom stereocenters. The molecule has 1 saturated heterocycles. The summed E-state index contributed by atoms with van der Waals surface area (Å²) in [5.41, 5.74) is 0.854. The highest BCUT2D eigenvalue weighted by Crippen LogP contribution is 2.35. The summed E-state index contributed by atoms with van der Waals surface area (Å²) in [6.07, 6.45) is 2.12. The summed E-state index contributed by atoms with van der Waals surface area (Å²) in [7, 11) is 0. The average molecular weight is 351 g/mol. The minimum atomic E-state index is 0. The Morgan fingerprint density at radius 1 is 1.09 bits per heavy atom. The van der Waals surface area contributed by atoms with Crippen LogP contribution in [0.4, 0.5) is 0 Å². The molecule has 2 rings (SSSR count). The maximum absolute atomic E-state index is 10.1. The van der Waals surface area contributed by atoms with Crippen LogP contribution in [0.3, 0.4) is 0 Å². The molecule has 1 aromatic rings. The zero-order chi connectivity index (χ0) is 14.5. The van der Waals surface area contributed by atoms with Crippen molar-refractivity contribution in [3.05, 3.63) is 23.8 Å².